The molecule has 0 saturated carbocycles. The van der Waals surface area contributed by atoms with Crippen molar-refractivity contribution in [1.29, 1.82) is 0 Å². The molecular formula is C20H26N4O4. The fourth-order valence-electron chi connectivity index (χ4n) is 4.05. The second-order valence-corrected chi connectivity index (χ2v) is 7.36. The van der Waals surface area contributed by atoms with Gasteiger partial charge in [0.15, 0.2) is 11.5 Å². The molecule has 2 aromatic rings. The van der Waals surface area contributed by atoms with Gasteiger partial charge < -0.3 is 14.4 Å². The highest BCUT2D eigenvalue weighted by Gasteiger charge is 2.25. The summed E-state index contributed by atoms with van der Waals surface area (Å²) < 4.78 is 13.8. The van der Waals surface area contributed by atoms with E-state index < -0.39 is 0 Å². The number of fused-ring (bicyclic) bond motifs is 2. The molecule has 0 bridgehead atoms. The Labute approximate surface area is 163 Å². The maximum atomic E-state index is 12.8. The first-order valence-corrected chi connectivity index (χ1v) is 9.78. The second-order valence-electron chi connectivity index (χ2n) is 7.36. The van der Waals surface area contributed by atoms with Crippen molar-refractivity contribution >= 4 is 5.91 Å². The zero-order valence-corrected chi connectivity index (χ0v) is 16.4. The van der Waals surface area contributed by atoms with Gasteiger partial charge >= 0.3 is 5.69 Å². The van der Waals surface area contributed by atoms with Gasteiger partial charge in [0.05, 0.1) is 14.2 Å². The lowest BCUT2D eigenvalue weighted by Crippen LogP contribution is -2.40. The van der Waals surface area contributed by atoms with Crippen LogP contribution in [-0.4, -0.2) is 45.9 Å². The maximum Gasteiger partial charge on any atom is 0.346 e. The molecule has 150 valence electrons. The number of aromatic nitrogens is 3. The van der Waals surface area contributed by atoms with Gasteiger partial charge in [-0.15, -0.1) is 0 Å². The van der Waals surface area contributed by atoms with Crippen LogP contribution in [0.2, 0.25) is 0 Å². The predicted octanol–water partition coefficient (Wildman–Crippen LogP) is 1.37. The normalized spacial score (nSPS) is 16.1. The Kier molecular flexibility index (Phi) is 5.11. The first kappa shape index (κ1) is 18.6. The summed E-state index contributed by atoms with van der Waals surface area (Å²) in [7, 11) is 3.22. The fourth-order valence-corrected chi connectivity index (χ4v) is 4.05. The topological polar surface area (TPSA) is 78.6 Å². The molecule has 28 heavy (non-hydrogen) atoms. The van der Waals surface area contributed by atoms with Crippen molar-refractivity contribution in [3.05, 3.63) is 39.6 Å². The highest BCUT2D eigenvalue weighted by Crippen LogP contribution is 2.33. The number of aryl methyl sites for hydroxylation is 1. The van der Waals surface area contributed by atoms with Crippen LogP contribution < -0.4 is 15.2 Å². The smallest absolute Gasteiger partial charge is 0.346 e. The molecular weight excluding hydrogens is 360 g/mol. The van der Waals surface area contributed by atoms with Crippen LogP contribution in [0.3, 0.4) is 0 Å². The standard InChI is InChI=1S/C20H26N4O4/c1-27-16-10-14-7-9-22(12-15(14)11-17(16)28-2)19(25)13-24-20(26)23-8-5-3-4-6-18(23)21-24/h10-11H,3-9,12-13H2,1-2H3. The maximum absolute atomic E-state index is 12.8. The van der Waals surface area contributed by atoms with Crippen LogP contribution in [0.1, 0.15) is 36.2 Å². The van der Waals surface area contributed by atoms with E-state index in [2.05, 4.69) is 5.10 Å². The zero-order chi connectivity index (χ0) is 19.7. The summed E-state index contributed by atoms with van der Waals surface area (Å²) in [6.07, 6.45) is 4.69. The van der Waals surface area contributed by atoms with Gasteiger partial charge in [-0.3, -0.25) is 9.36 Å². The molecule has 2 aliphatic rings. The molecule has 8 heteroatoms. The lowest BCUT2D eigenvalue weighted by Gasteiger charge is -2.29. The van der Waals surface area contributed by atoms with Gasteiger partial charge in [0.1, 0.15) is 12.4 Å². The first-order chi connectivity index (χ1) is 13.6. The van der Waals surface area contributed by atoms with Gasteiger partial charge in [-0.05, 0) is 42.5 Å². The minimum atomic E-state index is -0.172. The molecule has 0 fully saturated rings. The quantitative estimate of drug-likeness (QED) is 0.793. The molecule has 0 spiro atoms. The van der Waals surface area contributed by atoms with E-state index in [4.69, 9.17) is 9.47 Å². The molecule has 1 aromatic heterocycles. The van der Waals surface area contributed by atoms with Gasteiger partial charge in [-0.25, -0.2) is 9.48 Å². The zero-order valence-electron chi connectivity index (χ0n) is 16.4. The van der Waals surface area contributed by atoms with E-state index in [1.807, 2.05) is 12.1 Å². The Balaban J connectivity index is 1.51. The summed E-state index contributed by atoms with van der Waals surface area (Å²) in [5.74, 6) is 2.07. The van der Waals surface area contributed by atoms with Crippen LogP contribution in [-0.2, 0) is 37.3 Å². The van der Waals surface area contributed by atoms with Gasteiger partial charge in [0.25, 0.3) is 0 Å². The lowest BCUT2D eigenvalue weighted by molar-refractivity contribution is -0.133. The van der Waals surface area contributed by atoms with Gasteiger partial charge in [0, 0.05) is 26.1 Å². The molecule has 2 aliphatic heterocycles. The van der Waals surface area contributed by atoms with E-state index in [0.29, 0.717) is 31.1 Å². The molecule has 0 aliphatic carbocycles. The first-order valence-electron chi connectivity index (χ1n) is 9.78. The lowest BCUT2D eigenvalue weighted by atomic mass is 9.98. The minimum absolute atomic E-state index is 0.0124. The summed E-state index contributed by atoms with van der Waals surface area (Å²) in [5.41, 5.74) is 2.03. The average Bonchev–Trinajstić information content (AvgIpc) is 2.88. The summed E-state index contributed by atoms with van der Waals surface area (Å²) in [6.45, 7) is 1.79. The third kappa shape index (κ3) is 3.39. The largest absolute Gasteiger partial charge is 0.493 e. The van der Waals surface area contributed by atoms with Gasteiger partial charge in [-0.2, -0.15) is 5.10 Å². The Morgan fingerprint density at radius 3 is 2.54 bits per heavy atom. The fraction of sp³-hybridized carbons (Fsp3) is 0.550. The summed E-state index contributed by atoms with van der Waals surface area (Å²) in [5, 5.41) is 4.42. The van der Waals surface area contributed by atoms with Crippen molar-refractivity contribution in [2.75, 3.05) is 20.8 Å². The molecule has 0 atom stereocenters. The van der Waals surface area contributed by atoms with Gasteiger partial charge in [-0.1, -0.05) is 6.42 Å². The molecule has 3 heterocycles. The van der Waals surface area contributed by atoms with Crippen LogP contribution >= 0.6 is 0 Å². The van der Waals surface area contributed by atoms with Crippen molar-refractivity contribution in [2.45, 2.75) is 51.7 Å². The van der Waals surface area contributed by atoms with E-state index in [0.717, 1.165) is 49.1 Å². The van der Waals surface area contributed by atoms with E-state index in [1.54, 1.807) is 23.7 Å². The molecule has 0 N–H and O–H groups in total. The van der Waals surface area contributed by atoms with Crippen LogP contribution in [0.4, 0.5) is 0 Å². The Morgan fingerprint density at radius 1 is 1.04 bits per heavy atom. The van der Waals surface area contributed by atoms with E-state index in [9.17, 15) is 9.59 Å². The van der Waals surface area contributed by atoms with Crippen molar-refractivity contribution in [1.82, 2.24) is 19.2 Å². The number of carbonyl (C=O) groups excluding carboxylic acids is 1. The highest BCUT2D eigenvalue weighted by atomic mass is 16.5. The number of nitrogens with zero attached hydrogens (tertiary/aromatic N) is 4. The number of hydrogen-bond acceptors (Lipinski definition) is 5. The number of carbonyl (C=O) groups is 1. The van der Waals surface area contributed by atoms with Crippen molar-refractivity contribution < 1.29 is 14.3 Å². The molecule has 0 saturated heterocycles. The number of rotatable bonds is 4. The van der Waals surface area contributed by atoms with Crippen LogP contribution in [0.25, 0.3) is 0 Å². The second kappa shape index (κ2) is 7.69. The van der Waals surface area contributed by atoms with E-state index >= 15 is 0 Å². The van der Waals surface area contributed by atoms with Gasteiger partial charge in [0.2, 0.25) is 5.91 Å². The number of ether oxygens (including phenoxy) is 2. The Bertz CT molecular complexity index is 946. The Morgan fingerprint density at radius 2 is 1.79 bits per heavy atom. The molecule has 0 radical (unpaired) electrons. The summed E-state index contributed by atoms with van der Waals surface area (Å²) in [6, 6.07) is 3.91. The van der Waals surface area contributed by atoms with Crippen LogP contribution in [0.5, 0.6) is 11.5 Å². The van der Waals surface area contributed by atoms with Crippen LogP contribution in [0, 0.1) is 0 Å². The summed E-state index contributed by atoms with van der Waals surface area (Å²) >= 11 is 0. The van der Waals surface area contributed by atoms with Crippen molar-refractivity contribution in [3.8, 4) is 11.5 Å². The third-order valence-corrected chi connectivity index (χ3v) is 5.64. The van der Waals surface area contributed by atoms with E-state index in [-0.39, 0.29) is 18.1 Å². The monoisotopic (exact) mass is 386 g/mol. The predicted molar refractivity (Wildman–Crippen MR) is 103 cm³/mol. The third-order valence-electron chi connectivity index (χ3n) is 5.64. The summed E-state index contributed by atoms with van der Waals surface area (Å²) in [4.78, 5) is 27.2. The van der Waals surface area contributed by atoms with E-state index in [1.165, 1.54) is 4.68 Å². The molecule has 4 rings (SSSR count). The number of benzene rings is 1. The molecule has 1 amide bonds. The number of amides is 1. The molecule has 1 aromatic carbocycles. The molecule has 0 unspecified atom stereocenters. The SMILES string of the molecule is COc1cc2c(cc1OC)CN(C(=O)Cn1nc3n(c1=O)CCCCC3)CC2. The number of hydrogen-bond donors (Lipinski definition) is 0. The van der Waals surface area contributed by atoms with Crippen LogP contribution in [0.15, 0.2) is 16.9 Å². The number of methoxy groups -OCH3 is 2. The average molecular weight is 386 g/mol. The minimum Gasteiger partial charge on any atom is -0.493 e. The Hall–Kier alpha value is -2.77. The molecule has 8 nitrogen and oxygen atoms in total. The van der Waals surface area contributed by atoms with Crippen molar-refractivity contribution in [3.63, 3.8) is 0 Å². The highest BCUT2D eigenvalue weighted by molar-refractivity contribution is 5.76. The van der Waals surface area contributed by atoms with Crippen molar-refractivity contribution in [2.24, 2.45) is 0 Å².